The summed E-state index contributed by atoms with van der Waals surface area (Å²) >= 11 is 0. The summed E-state index contributed by atoms with van der Waals surface area (Å²) in [6.07, 6.45) is 6.03. The number of nitrogens with one attached hydrogen (secondary N) is 1. The molecule has 2 aliphatic rings. The fraction of sp³-hybridized carbons (Fsp3) is 0.474. The van der Waals surface area contributed by atoms with Gasteiger partial charge in [-0.2, -0.15) is 0 Å². The number of hydrogen-bond donors (Lipinski definition) is 1. The molecule has 4 rings (SSSR count). The monoisotopic (exact) mass is 354 g/mol. The van der Waals surface area contributed by atoms with Gasteiger partial charge in [-0.05, 0) is 51.7 Å². The average molecular weight is 354 g/mol. The van der Waals surface area contributed by atoms with Crippen molar-refractivity contribution in [2.24, 2.45) is 0 Å². The predicted molar refractivity (Wildman–Crippen MR) is 97.7 cm³/mol. The topological polar surface area (TPSA) is 88.2 Å². The summed E-state index contributed by atoms with van der Waals surface area (Å²) < 4.78 is 5.56. The lowest BCUT2D eigenvalue weighted by molar-refractivity contribution is 0.0152. The molecule has 1 aliphatic heterocycles. The van der Waals surface area contributed by atoms with Crippen LogP contribution in [0.2, 0.25) is 0 Å². The molecule has 0 radical (unpaired) electrons. The summed E-state index contributed by atoms with van der Waals surface area (Å²) in [5.41, 5.74) is 1.51. The molecule has 1 fully saturated rings. The number of fused-ring (bicyclic) bond motifs is 1. The fourth-order valence-electron chi connectivity index (χ4n) is 3.37. The second-order valence-electron chi connectivity index (χ2n) is 8.04. The highest BCUT2D eigenvalue weighted by atomic mass is 16.6. The van der Waals surface area contributed by atoms with Crippen LogP contribution in [0.15, 0.2) is 29.2 Å². The van der Waals surface area contributed by atoms with Crippen LogP contribution in [-0.4, -0.2) is 43.6 Å². The van der Waals surface area contributed by atoms with Crippen LogP contribution in [0.4, 0.5) is 4.79 Å². The van der Waals surface area contributed by atoms with Crippen LogP contribution in [0.1, 0.15) is 45.9 Å². The number of carbonyl (C=O) groups is 1. The largest absolute Gasteiger partial charge is 0.444 e. The van der Waals surface area contributed by atoms with E-state index >= 15 is 0 Å². The Morgan fingerprint density at radius 3 is 2.77 bits per heavy atom. The maximum atomic E-state index is 12.5. The van der Waals surface area contributed by atoms with Crippen molar-refractivity contribution in [3.8, 4) is 0 Å². The molecule has 26 heavy (non-hydrogen) atoms. The quantitative estimate of drug-likeness (QED) is 0.851. The molecule has 3 heterocycles. The van der Waals surface area contributed by atoms with E-state index in [2.05, 4.69) is 15.0 Å². The van der Waals surface area contributed by atoms with Crippen LogP contribution in [-0.2, 0) is 4.74 Å². The summed E-state index contributed by atoms with van der Waals surface area (Å²) in [6.45, 7) is 6.13. The van der Waals surface area contributed by atoms with Gasteiger partial charge in [-0.25, -0.2) is 14.8 Å². The lowest BCUT2D eigenvalue weighted by atomic mass is 9.97. The number of aromatic nitrogens is 3. The van der Waals surface area contributed by atoms with Gasteiger partial charge in [0.2, 0.25) is 5.56 Å². The van der Waals surface area contributed by atoms with Gasteiger partial charge in [0.15, 0.2) is 5.82 Å². The Morgan fingerprint density at radius 1 is 1.31 bits per heavy atom. The molecule has 0 saturated heterocycles. The lowest BCUT2D eigenvalue weighted by Gasteiger charge is -2.36. The zero-order valence-electron chi connectivity index (χ0n) is 15.2. The molecule has 7 heteroatoms. The number of hydrogen-bond acceptors (Lipinski definition) is 5. The minimum absolute atomic E-state index is 0.171. The Kier molecular flexibility index (Phi) is 3.64. The van der Waals surface area contributed by atoms with E-state index < -0.39 is 5.60 Å². The SMILES string of the molecule is CC(C)(C)OC(=O)N1CC=C(c2ncc3[nH]c(=O)ccc3n2)CC12CC2. The second-order valence-corrected chi connectivity index (χ2v) is 8.04. The third kappa shape index (κ3) is 3.09. The standard InChI is InChI=1S/C19H22N4O3/c1-18(2,3)26-17(25)23-9-6-12(10-19(23)7-8-19)16-20-11-14-13(22-16)4-5-15(24)21-14/h4-6,11H,7-10H2,1-3H3,(H,21,24). The van der Waals surface area contributed by atoms with E-state index in [4.69, 9.17) is 4.74 Å². The van der Waals surface area contributed by atoms with Crippen LogP contribution in [0.25, 0.3) is 16.6 Å². The number of H-pyrrole nitrogens is 1. The molecule has 7 nitrogen and oxygen atoms in total. The first-order valence-electron chi connectivity index (χ1n) is 8.82. The van der Waals surface area contributed by atoms with Crippen LogP contribution >= 0.6 is 0 Å². The molecule has 0 unspecified atom stereocenters. The van der Waals surface area contributed by atoms with Crippen molar-refractivity contribution in [2.75, 3.05) is 6.54 Å². The smallest absolute Gasteiger partial charge is 0.411 e. The summed E-state index contributed by atoms with van der Waals surface area (Å²) in [6, 6.07) is 3.16. The van der Waals surface area contributed by atoms with Gasteiger partial charge in [0.1, 0.15) is 5.60 Å². The Balaban J connectivity index is 1.61. The summed E-state index contributed by atoms with van der Waals surface area (Å²) in [5.74, 6) is 0.652. The zero-order valence-corrected chi connectivity index (χ0v) is 15.2. The molecule has 1 aliphatic carbocycles. The van der Waals surface area contributed by atoms with Crippen molar-refractivity contribution < 1.29 is 9.53 Å². The number of ether oxygens (including phenoxy) is 1. The van der Waals surface area contributed by atoms with Crippen molar-refractivity contribution in [3.05, 3.63) is 40.6 Å². The first kappa shape index (κ1) is 16.8. The van der Waals surface area contributed by atoms with E-state index in [1.807, 2.05) is 31.7 Å². The number of rotatable bonds is 1. The predicted octanol–water partition coefficient (Wildman–Crippen LogP) is 2.87. The van der Waals surface area contributed by atoms with E-state index in [-0.39, 0.29) is 17.2 Å². The molecule has 2 aromatic rings. The van der Waals surface area contributed by atoms with E-state index in [9.17, 15) is 9.59 Å². The van der Waals surface area contributed by atoms with E-state index in [0.29, 0.717) is 23.4 Å². The molecule has 1 N–H and O–H groups in total. The number of aromatic amines is 1. The van der Waals surface area contributed by atoms with Crippen molar-refractivity contribution in [1.82, 2.24) is 19.9 Å². The van der Waals surface area contributed by atoms with Gasteiger partial charge in [-0.15, -0.1) is 0 Å². The normalized spacial score (nSPS) is 18.7. The summed E-state index contributed by atoms with van der Waals surface area (Å²) in [7, 11) is 0. The third-order valence-corrected chi connectivity index (χ3v) is 4.81. The van der Waals surface area contributed by atoms with Crippen LogP contribution in [0, 0.1) is 0 Å². The average Bonchev–Trinajstić information content (AvgIpc) is 3.32. The Morgan fingerprint density at radius 2 is 2.08 bits per heavy atom. The third-order valence-electron chi connectivity index (χ3n) is 4.81. The van der Waals surface area contributed by atoms with E-state index in [0.717, 1.165) is 24.8 Å². The number of carbonyl (C=O) groups excluding carboxylic acids is 1. The minimum atomic E-state index is -0.504. The molecule has 2 aromatic heterocycles. The van der Waals surface area contributed by atoms with Crippen molar-refractivity contribution in [2.45, 2.75) is 51.2 Å². The van der Waals surface area contributed by atoms with Crippen molar-refractivity contribution in [1.29, 1.82) is 0 Å². The van der Waals surface area contributed by atoms with Gasteiger partial charge in [0.25, 0.3) is 0 Å². The molecule has 0 bridgehead atoms. The van der Waals surface area contributed by atoms with Crippen molar-refractivity contribution >= 4 is 22.7 Å². The molecule has 0 atom stereocenters. The minimum Gasteiger partial charge on any atom is -0.444 e. The zero-order chi connectivity index (χ0) is 18.5. The second kappa shape index (κ2) is 5.65. The first-order chi connectivity index (χ1) is 12.3. The highest BCUT2D eigenvalue weighted by Gasteiger charge is 2.53. The fourth-order valence-corrected chi connectivity index (χ4v) is 3.37. The van der Waals surface area contributed by atoms with E-state index in [1.165, 1.54) is 6.07 Å². The highest BCUT2D eigenvalue weighted by molar-refractivity contribution is 5.77. The van der Waals surface area contributed by atoms with Crippen LogP contribution in [0.5, 0.6) is 0 Å². The van der Waals surface area contributed by atoms with Crippen LogP contribution < -0.4 is 5.56 Å². The lowest BCUT2D eigenvalue weighted by Crippen LogP contribution is -2.47. The van der Waals surface area contributed by atoms with Crippen molar-refractivity contribution in [3.63, 3.8) is 0 Å². The van der Waals surface area contributed by atoms with Gasteiger partial charge in [-0.3, -0.25) is 9.69 Å². The number of nitrogens with zero attached hydrogens (tertiary/aromatic N) is 3. The molecule has 0 aromatic carbocycles. The van der Waals surface area contributed by atoms with Gasteiger partial charge >= 0.3 is 6.09 Å². The maximum absolute atomic E-state index is 12.5. The molecule has 136 valence electrons. The maximum Gasteiger partial charge on any atom is 0.411 e. The summed E-state index contributed by atoms with van der Waals surface area (Å²) in [4.78, 5) is 37.5. The summed E-state index contributed by atoms with van der Waals surface area (Å²) in [5, 5.41) is 0. The van der Waals surface area contributed by atoms with Gasteiger partial charge in [-0.1, -0.05) is 6.08 Å². The van der Waals surface area contributed by atoms with Crippen LogP contribution in [0.3, 0.4) is 0 Å². The molecular formula is C19H22N4O3. The van der Waals surface area contributed by atoms with Gasteiger partial charge < -0.3 is 9.72 Å². The number of pyridine rings is 1. The first-order valence-corrected chi connectivity index (χ1v) is 8.82. The molecular weight excluding hydrogens is 332 g/mol. The van der Waals surface area contributed by atoms with Gasteiger partial charge in [0.05, 0.1) is 22.8 Å². The Hall–Kier alpha value is -2.70. The Bertz CT molecular complexity index is 967. The van der Waals surface area contributed by atoms with Gasteiger partial charge in [0, 0.05) is 12.6 Å². The Labute approximate surface area is 151 Å². The molecule has 1 saturated carbocycles. The molecule has 1 amide bonds. The van der Waals surface area contributed by atoms with E-state index in [1.54, 1.807) is 12.3 Å². The number of amides is 1. The highest BCUT2D eigenvalue weighted by Crippen LogP contribution is 2.50. The molecule has 1 spiro atoms.